The van der Waals surface area contributed by atoms with Gasteiger partial charge in [0.2, 0.25) is 0 Å². The molecular weight excluding hydrogens is 382 g/mol. The fourth-order valence-corrected chi connectivity index (χ4v) is 5.28. The molecule has 2 fully saturated rings. The van der Waals surface area contributed by atoms with Crippen molar-refractivity contribution < 1.29 is 4.74 Å². The second-order valence-corrected chi connectivity index (χ2v) is 8.76. The number of aromatic amines is 1. The number of nitrogens with zero attached hydrogens (tertiary/aromatic N) is 2. The molecule has 2 unspecified atom stereocenters. The third-order valence-corrected chi connectivity index (χ3v) is 7.04. The summed E-state index contributed by atoms with van der Waals surface area (Å²) in [5.41, 5.74) is 3.95. The molecule has 1 aromatic heterocycles. The number of piperazine rings is 1. The van der Waals surface area contributed by atoms with Crippen molar-refractivity contribution in [2.45, 2.75) is 31.2 Å². The molecule has 5 rings (SSSR count). The van der Waals surface area contributed by atoms with Crippen LogP contribution in [-0.4, -0.2) is 49.2 Å². The lowest BCUT2D eigenvalue weighted by Gasteiger charge is -2.39. The van der Waals surface area contributed by atoms with E-state index in [-0.39, 0.29) is 0 Å². The third kappa shape index (κ3) is 3.72. The van der Waals surface area contributed by atoms with Crippen LogP contribution in [0.15, 0.2) is 48.7 Å². The predicted molar refractivity (Wildman–Crippen MR) is 120 cm³/mol. The molecule has 4 nitrogen and oxygen atoms in total. The van der Waals surface area contributed by atoms with Gasteiger partial charge in [0.25, 0.3) is 0 Å². The van der Waals surface area contributed by atoms with E-state index in [0.29, 0.717) is 12.0 Å². The first-order valence-corrected chi connectivity index (χ1v) is 11.0. The Hall–Kier alpha value is -2.17. The molecule has 0 radical (unpaired) electrons. The van der Waals surface area contributed by atoms with E-state index < -0.39 is 0 Å². The molecule has 2 aliphatic rings. The average molecular weight is 410 g/mol. The molecule has 5 heteroatoms. The molecule has 0 bridgehead atoms. The molecule has 3 aromatic rings. The number of methoxy groups -OCH3 is 1. The van der Waals surface area contributed by atoms with Crippen molar-refractivity contribution in [3.8, 4) is 5.75 Å². The Kier molecular flexibility index (Phi) is 5.15. The first kappa shape index (κ1) is 18.8. The molecule has 2 atom stereocenters. The Balaban J connectivity index is 1.23. The van der Waals surface area contributed by atoms with Gasteiger partial charge < -0.3 is 14.6 Å². The quantitative estimate of drug-likeness (QED) is 0.635. The molecule has 0 spiro atoms. The normalized spacial score (nSPS) is 23.0. The van der Waals surface area contributed by atoms with E-state index in [9.17, 15) is 0 Å². The zero-order chi connectivity index (χ0) is 19.8. The van der Waals surface area contributed by atoms with E-state index in [1.54, 1.807) is 7.11 Å². The maximum absolute atomic E-state index is 6.03. The molecule has 2 heterocycles. The number of halogens is 1. The summed E-state index contributed by atoms with van der Waals surface area (Å²) in [6, 6.07) is 15.3. The van der Waals surface area contributed by atoms with Crippen LogP contribution >= 0.6 is 11.6 Å². The zero-order valence-corrected chi connectivity index (χ0v) is 17.7. The van der Waals surface area contributed by atoms with E-state index >= 15 is 0 Å². The number of fused-ring (bicyclic) bond motifs is 1. The Bertz CT molecular complexity index is 975. The van der Waals surface area contributed by atoms with Crippen LogP contribution in [0.3, 0.4) is 0 Å². The number of anilines is 1. The molecule has 0 amide bonds. The fourth-order valence-electron chi connectivity index (χ4n) is 5.16. The van der Waals surface area contributed by atoms with Crippen molar-refractivity contribution in [1.29, 1.82) is 0 Å². The van der Waals surface area contributed by atoms with Crippen molar-refractivity contribution in [2.75, 3.05) is 38.2 Å². The monoisotopic (exact) mass is 409 g/mol. The van der Waals surface area contributed by atoms with E-state index in [2.05, 4.69) is 45.2 Å². The largest absolute Gasteiger partial charge is 0.497 e. The summed E-state index contributed by atoms with van der Waals surface area (Å²) in [6.07, 6.45) is 6.04. The molecule has 1 saturated carbocycles. The topological polar surface area (TPSA) is 31.5 Å². The van der Waals surface area contributed by atoms with Gasteiger partial charge in [0.1, 0.15) is 5.75 Å². The van der Waals surface area contributed by atoms with Gasteiger partial charge in [0, 0.05) is 60.0 Å². The summed E-state index contributed by atoms with van der Waals surface area (Å²) < 4.78 is 5.44. The van der Waals surface area contributed by atoms with Gasteiger partial charge in [-0.1, -0.05) is 11.6 Å². The standard InChI is InChI=1S/C24H28ClN3O/c1-29-21-8-9-24-22(15-21)23(16-26-24)17-2-5-20(14-17)28-12-10-27(11-13-28)19-6-3-18(25)4-7-19/h3-4,6-9,15-17,20,26H,2,5,10-14H2,1H3. The van der Waals surface area contributed by atoms with Crippen molar-refractivity contribution >= 4 is 28.2 Å². The van der Waals surface area contributed by atoms with Gasteiger partial charge in [-0.2, -0.15) is 0 Å². The smallest absolute Gasteiger partial charge is 0.119 e. The molecule has 1 saturated heterocycles. The molecule has 1 aliphatic carbocycles. The Morgan fingerprint density at radius 1 is 1.00 bits per heavy atom. The lowest BCUT2D eigenvalue weighted by Crippen LogP contribution is -2.49. The maximum atomic E-state index is 6.03. The van der Waals surface area contributed by atoms with Gasteiger partial charge in [-0.15, -0.1) is 0 Å². The summed E-state index contributed by atoms with van der Waals surface area (Å²) in [6.45, 7) is 4.46. The highest BCUT2D eigenvalue weighted by Gasteiger charge is 2.33. The Labute approximate surface area is 177 Å². The highest BCUT2D eigenvalue weighted by atomic mass is 35.5. The van der Waals surface area contributed by atoms with Crippen LogP contribution in [0.25, 0.3) is 10.9 Å². The lowest BCUT2D eigenvalue weighted by molar-refractivity contribution is 0.186. The molecule has 1 aliphatic heterocycles. The Morgan fingerprint density at radius 3 is 2.55 bits per heavy atom. The van der Waals surface area contributed by atoms with Crippen LogP contribution in [0, 0.1) is 0 Å². The SMILES string of the molecule is COc1ccc2[nH]cc(C3CCC(N4CCN(c5ccc(Cl)cc5)CC4)C3)c2c1. The summed E-state index contributed by atoms with van der Waals surface area (Å²) >= 11 is 6.03. The van der Waals surface area contributed by atoms with Crippen LogP contribution in [0.4, 0.5) is 5.69 Å². The average Bonchev–Trinajstić information content (AvgIpc) is 3.41. The van der Waals surface area contributed by atoms with Gasteiger partial charge in [0.15, 0.2) is 0 Å². The number of H-pyrrole nitrogens is 1. The van der Waals surface area contributed by atoms with Crippen LogP contribution in [-0.2, 0) is 0 Å². The van der Waals surface area contributed by atoms with E-state index in [0.717, 1.165) is 37.0 Å². The lowest BCUT2D eigenvalue weighted by atomic mass is 9.96. The molecule has 152 valence electrons. The highest BCUT2D eigenvalue weighted by molar-refractivity contribution is 6.30. The molecular formula is C24H28ClN3O. The van der Waals surface area contributed by atoms with E-state index in [1.807, 2.05) is 18.2 Å². The number of nitrogens with one attached hydrogen (secondary N) is 1. The number of aromatic nitrogens is 1. The molecule has 2 aromatic carbocycles. The first-order valence-electron chi connectivity index (χ1n) is 10.6. The third-order valence-electron chi connectivity index (χ3n) is 6.79. The second kappa shape index (κ2) is 7.92. The minimum atomic E-state index is 0.634. The minimum Gasteiger partial charge on any atom is -0.497 e. The fraction of sp³-hybridized carbons (Fsp3) is 0.417. The molecule has 1 N–H and O–H groups in total. The van der Waals surface area contributed by atoms with Gasteiger partial charge in [-0.3, -0.25) is 4.90 Å². The number of hydrogen-bond donors (Lipinski definition) is 1. The van der Waals surface area contributed by atoms with Gasteiger partial charge in [-0.05, 0) is 73.2 Å². The van der Waals surface area contributed by atoms with Gasteiger partial charge in [0.05, 0.1) is 7.11 Å². The van der Waals surface area contributed by atoms with Crippen molar-refractivity contribution in [2.24, 2.45) is 0 Å². The van der Waals surface area contributed by atoms with Crippen LogP contribution in [0.2, 0.25) is 5.02 Å². The van der Waals surface area contributed by atoms with Crippen LogP contribution in [0.5, 0.6) is 5.75 Å². The molecule has 29 heavy (non-hydrogen) atoms. The highest BCUT2D eigenvalue weighted by Crippen LogP contribution is 2.40. The number of benzene rings is 2. The zero-order valence-electron chi connectivity index (χ0n) is 16.9. The van der Waals surface area contributed by atoms with Gasteiger partial charge in [-0.25, -0.2) is 0 Å². The van der Waals surface area contributed by atoms with Crippen molar-refractivity contribution in [3.63, 3.8) is 0 Å². The van der Waals surface area contributed by atoms with E-state index in [4.69, 9.17) is 16.3 Å². The maximum Gasteiger partial charge on any atom is 0.119 e. The van der Waals surface area contributed by atoms with Crippen molar-refractivity contribution in [1.82, 2.24) is 9.88 Å². The minimum absolute atomic E-state index is 0.634. The summed E-state index contributed by atoms with van der Waals surface area (Å²) in [5.74, 6) is 1.57. The second-order valence-electron chi connectivity index (χ2n) is 8.32. The number of hydrogen-bond acceptors (Lipinski definition) is 3. The van der Waals surface area contributed by atoms with Crippen LogP contribution in [0.1, 0.15) is 30.7 Å². The van der Waals surface area contributed by atoms with Gasteiger partial charge >= 0.3 is 0 Å². The first-order chi connectivity index (χ1) is 14.2. The summed E-state index contributed by atoms with van der Waals surface area (Å²) in [7, 11) is 1.74. The van der Waals surface area contributed by atoms with Crippen LogP contribution < -0.4 is 9.64 Å². The van der Waals surface area contributed by atoms with E-state index in [1.165, 1.54) is 41.4 Å². The summed E-state index contributed by atoms with van der Waals surface area (Å²) in [5, 5.41) is 2.13. The number of rotatable bonds is 4. The Morgan fingerprint density at radius 2 is 1.79 bits per heavy atom. The number of ether oxygens (including phenoxy) is 1. The van der Waals surface area contributed by atoms with Crippen molar-refractivity contribution in [3.05, 3.63) is 59.2 Å². The summed E-state index contributed by atoms with van der Waals surface area (Å²) in [4.78, 5) is 8.64. The predicted octanol–water partition coefficient (Wildman–Crippen LogP) is 5.29.